The molecule has 7 nitrogen and oxygen atoms in total. The summed E-state index contributed by atoms with van der Waals surface area (Å²) in [6.07, 6.45) is 3.93. The highest BCUT2D eigenvalue weighted by molar-refractivity contribution is 7.89. The molecule has 0 unspecified atom stereocenters. The maximum Gasteiger partial charge on any atom is 0.244 e. The molecule has 1 aliphatic rings. The van der Waals surface area contributed by atoms with Crippen molar-refractivity contribution in [2.24, 2.45) is 0 Å². The monoisotopic (exact) mass is 458 g/mol. The van der Waals surface area contributed by atoms with E-state index in [2.05, 4.69) is 4.98 Å². The second-order valence-corrected chi connectivity index (χ2v) is 9.90. The summed E-state index contributed by atoms with van der Waals surface area (Å²) in [5.74, 6) is -0.0661. The maximum absolute atomic E-state index is 12.9. The van der Waals surface area contributed by atoms with Crippen LogP contribution in [0.1, 0.15) is 5.69 Å². The summed E-state index contributed by atoms with van der Waals surface area (Å²) in [5, 5.41) is 2.14. The minimum absolute atomic E-state index is 0.0143. The zero-order valence-corrected chi connectivity index (χ0v) is 17.7. The number of aromatic nitrogens is 2. The molecule has 1 fully saturated rings. The highest BCUT2D eigenvalue weighted by Gasteiger charge is 2.32. The average molecular weight is 459 g/mol. The summed E-state index contributed by atoms with van der Waals surface area (Å²) in [5.41, 5.74) is 0.706. The van der Waals surface area contributed by atoms with Crippen molar-refractivity contribution in [3.8, 4) is 0 Å². The number of amides is 1. The largest absolute Gasteiger partial charge is 0.340 e. The number of carbonyl (C=O) groups is 1. The maximum atomic E-state index is 12.9. The predicted molar refractivity (Wildman–Crippen MR) is 109 cm³/mol. The van der Waals surface area contributed by atoms with Gasteiger partial charge >= 0.3 is 0 Å². The number of halogens is 2. The number of hydrogen-bond donors (Lipinski definition) is 0. The number of thiazole rings is 1. The zero-order chi connectivity index (χ0) is 19.9. The van der Waals surface area contributed by atoms with Gasteiger partial charge in [-0.2, -0.15) is 4.31 Å². The average Bonchev–Trinajstić information content (AvgIpc) is 3.25. The second-order valence-electron chi connectivity index (χ2n) is 6.34. The fourth-order valence-electron chi connectivity index (χ4n) is 3.13. The standard InChI is InChI=1S/C17H16Cl2N4O3S2/c18-13-2-1-3-14(16(13)19)28(25,26)23-6-4-21(5-7-23)15(24)10-12-11-22-8-9-27-17(22)20-12/h1-3,8-9,11H,4-7,10H2. The van der Waals surface area contributed by atoms with Gasteiger partial charge in [-0.25, -0.2) is 13.4 Å². The van der Waals surface area contributed by atoms with Crippen molar-refractivity contribution in [1.29, 1.82) is 0 Å². The molecular formula is C17H16Cl2N4O3S2. The molecule has 3 aromatic rings. The van der Waals surface area contributed by atoms with Crippen molar-refractivity contribution in [1.82, 2.24) is 18.6 Å². The van der Waals surface area contributed by atoms with Crippen LogP contribution in [0.15, 0.2) is 40.9 Å². The van der Waals surface area contributed by atoms with E-state index in [-0.39, 0.29) is 40.4 Å². The molecule has 148 valence electrons. The van der Waals surface area contributed by atoms with E-state index in [0.717, 1.165) is 4.96 Å². The van der Waals surface area contributed by atoms with Crippen LogP contribution < -0.4 is 0 Å². The van der Waals surface area contributed by atoms with Crippen LogP contribution in [0, 0.1) is 0 Å². The van der Waals surface area contributed by atoms with Crippen molar-refractivity contribution < 1.29 is 13.2 Å². The molecule has 0 spiro atoms. The molecule has 3 heterocycles. The zero-order valence-electron chi connectivity index (χ0n) is 14.6. The first-order valence-corrected chi connectivity index (χ1v) is 11.6. The molecule has 0 saturated carbocycles. The fraction of sp³-hybridized carbons (Fsp3) is 0.294. The van der Waals surface area contributed by atoms with Gasteiger partial charge in [0.2, 0.25) is 15.9 Å². The Labute approximate surface area is 176 Å². The third kappa shape index (κ3) is 3.65. The van der Waals surface area contributed by atoms with Crippen LogP contribution in [-0.4, -0.2) is 59.1 Å². The molecule has 1 saturated heterocycles. The molecule has 4 rings (SSSR count). The first kappa shape index (κ1) is 19.7. The first-order chi connectivity index (χ1) is 13.4. The minimum Gasteiger partial charge on any atom is -0.340 e. The number of benzene rings is 1. The van der Waals surface area contributed by atoms with E-state index >= 15 is 0 Å². The lowest BCUT2D eigenvalue weighted by atomic mass is 10.2. The molecule has 0 aliphatic carbocycles. The lowest BCUT2D eigenvalue weighted by Gasteiger charge is -2.34. The molecule has 1 amide bonds. The second kappa shape index (κ2) is 7.64. The molecule has 0 radical (unpaired) electrons. The van der Waals surface area contributed by atoms with Gasteiger partial charge < -0.3 is 4.90 Å². The molecule has 28 heavy (non-hydrogen) atoms. The summed E-state index contributed by atoms with van der Waals surface area (Å²) < 4.78 is 28.9. The van der Waals surface area contributed by atoms with Crippen LogP contribution >= 0.6 is 34.5 Å². The van der Waals surface area contributed by atoms with Gasteiger partial charge in [-0.15, -0.1) is 11.3 Å². The van der Waals surface area contributed by atoms with E-state index in [0.29, 0.717) is 18.8 Å². The molecule has 1 aromatic carbocycles. The highest BCUT2D eigenvalue weighted by Crippen LogP contribution is 2.31. The molecular weight excluding hydrogens is 443 g/mol. The van der Waals surface area contributed by atoms with Gasteiger partial charge in [0.1, 0.15) is 4.90 Å². The normalized spacial score (nSPS) is 16.0. The SMILES string of the molecule is O=C(Cc1cn2ccsc2n1)N1CCN(S(=O)(=O)c2cccc(Cl)c2Cl)CC1. The lowest BCUT2D eigenvalue weighted by Crippen LogP contribution is -2.50. The molecule has 2 aromatic heterocycles. The van der Waals surface area contributed by atoms with E-state index in [1.165, 1.54) is 21.7 Å². The number of sulfonamides is 1. The van der Waals surface area contributed by atoms with E-state index in [4.69, 9.17) is 23.2 Å². The Morgan fingerprint density at radius 3 is 2.64 bits per heavy atom. The molecule has 0 bridgehead atoms. The van der Waals surface area contributed by atoms with Gasteiger partial charge in [0.15, 0.2) is 4.96 Å². The number of carbonyl (C=O) groups excluding carboxylic acids is 1. The summed E-state index contributed by atoms with van der Waals surface area (Å²) in [4.78, 5) is 19.5. The van der Waals surface area contributed by atoms with Crippen LogP contribution in [0.2, 0.25) is 10.0 Å². The Balaban J connectivity index is 1.41. The highest BCUT2D eigenvalue weighted by atomic mass is 35.5. The summed E-state index contributed by atoms with van der Waals surface area (Å²) in [6, 6.07) is 4.53. The predicted octanol–water partition coefficient (Wildman–Crippen LogP) is 2.78. The number of imidazole rings is 1. The van der Waals surface area contributed by atoms with Crippen molar-refractivity contribution >= 4 is 55.4 Å². The van der Waals surface area contributed by atoms with Crippen LogP contribution in [0.25, 0.3) is 4.96 Å². The Morgan fingerprint density at radius 2 is 1.93 bits per heavy atom. The van der Waals surface area contributed by atoms with E-state index in [9.17, 15) is 13.2 Å². The van der Waals surface area contributed by atoms with Crippen molar-refractivity contribution in [2.75, 3.05) is 26.2 Å². The summed E-state index contributed by atoms with van der Waals surface area (Å²) in [7, 11) is -3.77. The minimum atomic E-state index is -3.77. The lowest BCUT2D eigenvalue weighted by molar-refractivity contribution is -0.131. The third-order valence-electron chi connectivity index (χ3n) is 4.60. The molecule has 0 atom stereocenters. The number of fused-ring (bicyclic) bond motifs is 1. The quantitative estimate of drug-likeness (QED) is 0.602. The van der Waals surface area contributed by atoms with Gasteiger partial charge in [0, 0.05) is 44.0 Å². The van der Waals surface area contributed by atoms with Gasteiger partial charge in [0.25, 0.3) is 0 Å². The Morgan fingerprint density at radius 1 is 1.18 bits per heavy atom. The third-order valence-corrected chi connectivity index (χ3v) is 8.24. The molecule has 0 N–H and O–H groups in total. The number of nitrogens with zero attached hydrogens (tertiary/aromatic N) is 4. The number of piperazine rings is 1. The van der Waals surface area contributed by atoms with E-state index < -0.39 is 10.0 Å². The summed E-state index contributed by atoms with van der Waals surface area (Å²) in [6.45, 7) is 1.04. The molecule has 11 heteroatoms. The number of hydrogen-bond acceptors (Lipinski definition) is 5. The van der Waals surface area contributed by atoms with Crippen LogP contribution in [0.3, 0.4) is 0 Å². The first-order valence-electron chi connectivity index (χ1n) is 8.49. The van der Waals surface area contributed by atoms with Crippen LogP contribution in [0.5, 0.6) is 0 Å². The number of rotatable bonds is 4. The van der Waals surface area contributed by atoms with Gasteiger partial charge in [-0.3, -0.25) is 9.20 Å². The van der Waals surface area contributed by atoms with Crippen LogP contribution in [0.4, 0.5) is 0 Å². The fourth-order valence-corrected chi connectivity index (χ4v) is 6.01. The van der Waals surface area contributed by atoms with Crippen LogP contribution in [-0.2, 0) is 21.2 Å². The summed E-state index contributed by atoms with van der Waals surface area (Å²) >= 11 is 13.5. The topological polar surface area (TPSA) is 75.0 Å². The van der Waals surface area contributed by atoms with Crippen molar-refractivity contribution in [3.63, 3.8) is 0 Å². The van der Waals surface area contributed by atoms with E-state index in [1.807, 2.05) is 22.2 Å². The smallest absolute Gasteiger partial charge is 0.244 e. The van der Waals surface area contributed by atoms with Gasteiger partial charge in [0.05, 0.1) is 22.2 Å². The Hall–Kier alpha value is -1.65. The Kier molecular flexibility index (Phi) is 5.36. The van der Waals surface area contributed by atoms with E-state index in [1.54, 1.807) is 17.0 Å². The van der Waals surface area contributed by atoms with Gasteiger partial charge in [-0.1, -0.05) is 29.3 Å². The van der Waals surface area contributed by atoms with Gasteiger partial charge in [-0.05, 0) is 12.1 Å². The van der Waals surface area contributed by atoms with Crippen molar-refractivity contribution in [2.45, 2.75) is 11.3 Å². The Bertz CT molecular complexity index is 1110. The van der Waals surface area contributed by atoms with Crippen molar-refractivity contribution in [3.05, 3.63) is 51.7 Å². The molecule has 1 aliphatic heterocycles.